The van der Waals surface area contributed by atoms with Crippen molar-refractivity contribution in [2.45, 2.75) is 51.5 Å². The summed E-state index contributed by atoms with van der Waals surface area (Å²) in [6.07, 6.45) is 3.80. The van der Waals surface area contributed by atoms with Gasteiger partial charge in [-0.15, -0.1) is 0 Å². The van der Waals surface area contributed by atoms with Crippen LogP contribution in [0.3, 0.4) is 0 Å². The van der Waals surface area contributed by atoms with Crippen molar-refractivity contribution in [3.05, 3.63) is 29.8 Å². The Kier molecular flexibility index (Phi) is 6.93. The molecule has 4 N–H and O–H groups in total. The summed E-state index contributed by atoms with van der Waals surface area (Å²) in [5.74, 6) is 1.74. The molecule has 2 heterocycles. The third-order valence-corrected chi connectivity index (χ3v) is 6.45. The molecule has 1 aliphatic carbocycles. The number of hydrogen-bond acceptors (Lipinski definition) is 7. The lowest BCUT2D eigenvalue weighted by molar-refractivity contribution is 0.151. The van der Waals surface area contributed by atoms with Gasteiger partial charge in [-0.3, -0.25) is 0 Å². The average molecular weight is 455 g/mol. The number of piperidine rings is 1. The number of pyridine rings is 1. The minimum absolute atomic E-state index is 0.0156. The molecule has 4 rings (SSSR count). The molecule has 1 amide bonds. The van der Waals surface area contributed by atoms with Crippen molar-refractivity contribution in [3.8, 4) is 28.5 Å². The van der Waals surface area contributed by atoms with Gasteiger partial charge in [0.25, 0.3) is 0 Å². The zero-order valence-electron chi connectivity index (χ0n) is 19.6. The quantitative estimate of drug-likeness (QED) is 0.577. The zero-order valence-corrected chi connectivity index (χ0v) is 19.6. The molecule has 2 aromatic rings. The Labute approximate surface area is 195 Å². The number of nitrogens with zero attached hydrogens (tertiary/aromatic N) is 2. The van der Waals surface area contributed by atoms with Gasteiger partial charge in [0.15, 0.2) is 11.6 Å². The topological polar surface area (TPSA) is 110 Å². The summed E-state index contributed by atoms with van der Waals surface area (Å²) in [6.45, 7) is 6.15. The zero-order chi connectivity index (χ0) is 23.5. The van der Waals surface area contributed by atoms with Crippen molar-refractivity contribution in [2.24, 2.45) is 5.92 Å². The second-order valence-electron chi connectivity index (χ2n) is 9.33. The number of amides is 1. The molecule has 1 aromatic carbocycles. The van der Waals surface area contributed by atoms with Crippen LogP contribution in [-0.4, -0.2) is 53.9 Å². The second kappa shape index (κ2) is 9.87. The molecule has 178 valence electrons. The van der Waals surface area contributed by atoms with Crippen LogP contribution in [0.15, 0.2) is 24.3 Å². The van der Waals surface area contributed by atoms with Crippen LogP contribution in [0.4, 0.5) is 10.6 Å². The fourth-order valence-corrected chi connectivity index (χ4v) is 3.99. The van der Waals surface area contributed by atoms with Crippen molar-refractivity contribution in [3.63, 3.8) is 0 Å². The van der Waals surface area contributed by atoms with Gasteiger partial charge in [0, 0.05) is 31.1 Å². The number of aromatic hydroxyl groups is 1. The average Bonchev–Trinajstić information content (AvgIpc) is 3.63. The van der Waals surface area contributed by atoms with E-state index >= 15 is 0 Å². The molecule has 2 fully saturated rings. The number of aromatic nitrogens is 1. The first kappa shape index (κ1) is 23.2. The van der Waals surface area contributed by atoms with E-state index in [9.17, 15) is 9.90 Å². The molecule has 0 radical (unpaired) electrons. The highest BCUT2D eigenvalue weighted by Crippen LogP contribution is 2.43. The summed E-state index contributed by atoms with van der Waals surface area (Å²) >= 11 is 0. The molecule has 1 saturated heterocycles. The highest BCUT2D eigenvalue weighted by molar-refractivity contribution is 5.79. The monoisotopic (exact) mass is 454 g/mol. The van der Waals surface area contributed by atoms with Crippen LogP contribution in [0.5, 0.6) is 17.2 Å². The first-order valence-electron chi connectivity index (χ1n) is 11.8. The van der Waals surface area contributed by atoms with Gasteiger partial charge in [0.2, 0.25) is 0 Å². The van der Waals surface area contributed by atoms with Gasteiger partial charge < -0.3 is 30.5 Å². The van der Waals surface area contributed by atoms with Crippen LogP contribution in [0.2, 0.25) is 0 Å². The molecule has 1 aromatic heterocycles. The van der Waals surface area contributed by atoms with Crippen LogP contribution in [0.25, 0.3) is 11.3 Å². The first-order valence-corrected chi connectivity index (χ1v) is 11.8. The number of hydrogen-bond donors (Lipinski definition) is 3. The molecule has 1 saturated carbocycles. The molecule has 0 spiro atoms. The lowest BCUT2D eigenvalue weighted by Crippen LogP contribution is -2.36. The lowest BCUT2D eigenvalue weighted by Gasteiger charge is -2.27. The fourth-order valence-electron chi connectivity index (χ4n) is 3.99. The van der Waals surface area contributed by atoms with E-state index in [-0.39, 0.29) is 23.5 Å². The Bertz CT molecular complexity index is 1000. The van der Waals surface area contributed by atoms with Gasteiger partial charge in [-0.2, -0.15) is 0 Å². The highest BCUT2D eigenvalue weighted by atomic mass is 16.6. The number of nitrogens with two attached hydrogens (primary N) is 1. The van der Waals surface area contributed by atoms with Crippen molar-refractivity contribution in [1.29, 1.82) is 0 Å². The predicted molar refractivity (Wildman–Crippen MR) is 128 cm³/mol. The second-order valence-corrected chi connectivity index (χ2v) is 9.33. The summed E-state index contributed by atoms with van der Waals surface area (Å²) in [5.41, 5.74) is 8.20. The van der Waals surface area contributed by atoms with Crippen LogP contribution >= 0.6 is 0 Å². The first-order chi connectivity index (χ1) is 15.8. The van der Waals surface area contributed by atoms with E-state index in [0.29, 0.717) is 35.3 Å². The highest BCUT2D eigenvalue weighted by Gasteiger charge is 2.28. The summed E-state index contributed by atoms with van der Waals surface area (Å²) in [6, 6.07) is 7.07. The summed E-state index contributed by atoms with van der Waals surface area (Å²) < 4.78 is 11.8. The van der Waals surface area contributed by atoms with Crippen LogP contribution in [-0.2, 0) is 0 Å². The molecular formula is C25H34N4O4. The number of benzene rings is 1. The van der Waals surface area contributed by atoms with Gasteiger partial charge >= 0.3 is 6.09 Å². The van der Waals surface area contributed by atoms with E-state index in [1.807, 2.05) is 26.0 Å². The Morgan fingerprint density at radius 3 is 2.79 bits per heavy atom. The molecule has 8 nitrogen and oxygen atoms in total. The third-order valence-electron chi connectivity index (χ3n) is 6.45. The normalized spacial score (nSPS) is 18.2. The summed E-state index contributed by atoms with van der Waals surface area (Å²) in [5, 5.41) is 14.1. The van der Waals surface area contributed by atoms with Crippen LogP contribution < -0.4 is 20.5 Å². The van der Waals surface area contributed by atoms with E-state index in [1.165, 1.54) is 17.7 Å². The Morgan fingerprint density at radius 2 is 2.12 bits per heavy atom. The van der Waals surface area contributed by atoms with Gasteiger partial charge in [0.1, 0.15) is 11.5 Å². The van der Waals surface area contributed by atoms with E-state index in [4.69, 9.17) is 15.2 Å². The maximum atomic E-state index is 12.7. The number of phenols is 1. The molecule has 1 atom stereocenters. The number of phenolic OH excluding ortho intramolecular Hbond substituents is 1. The van der Waals surface area contributed by atoms with Crippen molar-refractivity contribution in [1.82, 2.24) is 15.2 Å². The number of anilines is 1. The SMILES string of the molecule is CC(C)N(C)C(=O)Oc1c(C2CCCNC2)cc(-c2c(O)cccc2OCC2CC2)nc1N. The summed E-state index contributed by atoms with van der Waals surface area (Å²) in [4.78, 5) is 18.8. The fraction of sp³-hybridized carbons (Fsp3) is 0.520. The number of rotatable bonds is 7. The molecule has 0 bridgehead atoms. The largest absolute Gasteiger partial charge is 0.507 e. The molecule has 8 heteroatoms. The molecule has 1 aliphatic heterocycles. The van der Waals surface area contributed by atoms with Crippen molar-refractivity contribution < 1.29 is 19.4 Å². The van der Waals surface area contributed by atoms with Gasteiger partial charge in [-0.25, -0.2) is 9.78 Å². The minimum atomic E-state index is -0.479. The smallest absolute Gasteiger partial charge is 0.415 e. The van der Waals surface area contributed by atoms with Gasteiger partial charge in [-0.05, 0) is 70.2 Å². The van der Waals surface area contributed by atoms with Crippen molar-refractivity contribution >= 4 is 11.9 Å². The third kappa shape index (κ3) is 5.33. The van der Waals surface area contributed by atoms with Crippen molar-refractivity contribution in [2.75, 3.05) is 32.5 Å². The van der Waals surface area contributed by atoms with Gasteiger partial charge in [-0.1, -0.05) is 6.07 Å². The maximum Gasteiger partial charge on any atom is 0.415 e. The number of ether oxygens (including phenoxy) is 2. The van der Waals surface area contributed by atoms with Crippen LogP contribution in [0.1, 0.15) is 51.0 Å². The Morgan fingerprint density at radius 1 is 1.33 bits per heavy atom. The number of nitrogen functional groups attached to an aromatic ring is 1. The number of carbonyl (C=O) groups is 1. The minimum Gasteiger partial charge on any atom is -0.507 e. The van der Waals surface area contributed by atoms with Crippen LogP contribution in [0, 0.1) is 5.92 Å². The Balaban J connectivity index is 1.75. The summed E-state index contributed by atoms with van der Waals surface area (Å²) in [7, 11) is 1.69. The molecular weight excluding hydrogens is 420 g/mol. The van der Waals surface area contributed by atoms with E-state index in [1.54, 1.807) is 19.2 Å². The Hall–Kier alpha value is -3.00. The molecule has 33 heavy (non-hydrogen) atoms. The molecule has 1 unspecified atom stereocenters. The number of nitrogens with one attached hydrogen (secondary N) is 1. The lowest BCUT2D eigenvalue weighted by atomic mass is 9.90. The number of carbonyl (C=O) groups excluding carboxylic acids is 1. The molecule has 2 aliphatic rings. The van der Waals surface area contributed by atoms with E-state index in [2.05, 4.69) is 10.3 Å². The van der Waals surface area contributed by atoms with Gasteiger partial charge in [0.05, 0.1) is 17.9 Å². The van der Waals surface area contributed by atoms with E-state index in [0.717, 1.165) is 31.5 Å². The standard InChI is InChI=1S/C25H34N4O4/c1-15(2)29(3)25(31)33-23-18(17-6-5-11-27-13-17)12-19(28-24(23)26)22-20(30)7-4-8-21(22)32-14-16-9-10-16/h4,7-8,12,15-17,27,30H,5-6,9-11,13-14H2,1-3H3,(H2,26,28). The maximum absolute atomic E-state index is 12.7. The predicted octanol–water partition coefficient (Wildman–Crippen LogP) is 4.13. The van der Waals surface area contributed by atoms with E-state index < -0.39 is 6.09 Å².